The van der Waals surface area contributed by atoms with Gasteiger partial charge in [-0.25, -0.2) is 44.9 Å². The lowest BCUT2D eigenvalue weighted by Crippen LogP contribution is -2.15. The number of hydrogen-bond acceptors (Lipinski definition) is 11. The molecule has 5 heterocycles. The first-order chi connectivity index (χ1) is 46.0. The van der Waals surface area contributed by atoms with Gasteiger partial charge in [0.1, 0.15) is 11.2 Å². The Morgan fingerprint density at radius 2 is 0.755 bits per heavy atom. The SMILES string of the molecule is Brc1nc(-c2ccc(-c3ccccc3)cc2)nc(-c2ccc3sc4ccccc4c3c2)n1.Brc1nc(-c2cccc3ccccc23)nc(-c2cccc3c2oc2ccccc23)n1.CC1(C)c2ccccc2-c2ccc(-c3nc(Br)nc(-c4ccc5ccccc5c4)n3)cc21. The molecule has 0 atom stereocenters. The van der Waals surface area contributed by atoms with E-state index in [9.17, 15) is 0 Å². The molecule has 0 fully saturated rings. The number of rotatable bonds is 7. The normalized spacial score (nSPS) is 12.2. The zero-order chi connectivity index (χ0) is 63.4. The maximum Gasteiger partial charge on any atom is 0.200 e. The predicted octanol–water partition coefficient (Wildman–Crippen LogP) is 22.5. The highest BCUT2D eigenvalue weighted by atomic mass is 79.9. The van der Waals surface area contributed by atoms with E-state index >= 15 is 0 Å². The summed E-state index contributed by atoms with van der Waals surface area (Å²) in [6.07, 6.45) is 0. The maximum absolute atomic E-state index is 6.18. The molecule has 5 aromatic heterocycles. The number of hydrogen-bond donors (Lipinski definition) is 0. The molecule has 12 aromatic carbocycles. The zero-order valence-electron chi connectivity index (χ0n) is 50.4. The van der Waals surface area contributed by atoms with Crippen molar-refractivity contribution in [2.75, 3.05) is 0 Å². The average molecular weight is 1430 g/mol. The van der Waals surface area contributed by atoms with Gasteiger partial charge in [0, 0.05) is 64.2 Å². The molecule has 10 nitrogen and oxygen atoms in total. The molecule has 18 rings (SSSR count). The zero-order valence-corrected chi connectivity index (χ0v) is 56.0. The summed E-state index contributed by atoms with van der Waals surface area (Å²) in [4.78, 5) is 41.9. The van der Waals surface area contributed by atoms with Crippen LogP contribution in [-0.2, 0) is 5.41 Å². The minimum absolute atomic E-state index is 0.0621. The average Bonchev–Trinajstić information content (AvgIpc) is 1.60. The summed E-state index contributed by atoms with van der Waals surface area (Å²) in [6.45, 7) is 4.57. The second-order valence-corrected chi connectivity index (χ2v) is 26.5. The Morgan fingerprint density at radius 3 is 1.52 bits per heavy atom. The van der Waals surface area contributed by atoms with Crippen LogP contribution in [0.2, 0.25) is 0 Å². The maximum atomic E-state index is 6.18. The molecule has 0 aliphatic heterocycles. The molecule has 448 valence electrons. The molecule has 0 N–H and O–H groups in total. The number of benzene rings is 12. The fraction of sp³-hybridized carbons (Fsp3) is 0.0375. The summed E-state index contributed by atoms with van der Waals surface area (Å²) in [5.41, 5.74) is 14.9. The molecular weight excluding hydrogens is 1370 g/mol. The molecule has 0 spiro atoms. The number of thiophene rings is 1. The van der Waals surface area contributed by atoms with Crippen LogP contribution >= 0.6 is 59.1 Å². The molecular formula is C80H50Br3N9OS. The molecule has 0 saturated carbocycles. The van der Waals surface area contributed by atoms with Gasteiger partial charge in [0.15, 0.2) is 34.9 Å². The second-order valence-electron chi connectivity index (χ2n) is 23.3. The summed E-state index contributed by atoms with van der Waals surface area (Å²) in [7, 11) is 0. The van der Waals surface area contributed by atoms with Crippen LogP contribution in [0.15, 0.2) is 286 Å². The van der Waals surface area contributed by atoms with E-state index in [1.165, 1.54) is 58.8 Å². The molecule has 0 unspecified atom stereocenters. The van der Waals surface area contributed by atoms with Crippen LogP contribution in [0.25, 0.3) is 154 Å². The van der Waals surface area contributed by atoms with Gasteiger partial charge in [0.05, 0.1) is 5.56 Å². The van der Waals surface area contributed by atoms with Gasteiger partial charge in [-0.15, -0.1) is 11.3 Å². The molecule has 0 amide bonds. The van der Waals surface area contributed by atoms with Gasteiger partial charge >= 0.3 is 0 Å². The van der Waals surface area contributed by atoms with E-state index in [4.69, 9.17) is 19.4 Å². The molecule has 1 aliphatic carbocycles. The van der Waals surface area contributed by atoms with Gasteiger partial charge in [-0.3, -0.25) is 0 Å². The minimum atomic E-state index is -0.0621. The van der Waals surface area contributed by atoms with Crippen LogP contribution < -0.4 is 0 Å². The van der Waals surface area contributed by atoms with Gasteiger partial charge in [0.2, 0.25) is 14.2 Å². The van der Waals surface area contributed by atoms with Crippen molar-refractivity contribution in [3.63, 3.8) is 0 Å². The molecule has 1 aliphatic rings. The molecule has 0 radical (unpaired) electrons. The lowest BCUT2D eigenvalue weighted by atomic mass is 9.82. The van der Waals surface area contributed by atoms with E-state index in [1.807, 2.05) is 84.9 Å². The second kappa shape index (κ2) is 24.6. The first-order valence-corrected chi connectivity index (χ1v) is 33.7. The molecule has 0 saturated heterocycles. The Morgan fingerprint density at radius 1 is 0.287 bits per heavy atom. The number of halogens is 3. The highest BCUT2D eigenvalue weighted by molar-refractivity contribution is 9.10. The van der Waals surface area contributed by atoms with Crippen LogP contribution in [0.4, 0.5) is 0 Å². The van der Waals surface area contributed by atoms with E-state index in [0.717, 1.165) is 71.7 Å². The smallest absolute Gasteiger partial charge is 0.200 e. The monoisotopic (exact) mass is 1420 g/mol. The van der Waals surface area contributed by atoms with E-state index < -0.39 is 0 Å². The number of aromatic nitrogens is 9. The Hall–Kier alpha value is -10.4. The van der Waals surface area contributed by atoms with Crippen LogP contribution in [0.3, 0.4) is 0 Å². The van der Waals surface area contributed by atoms with Crippen molar-refractivity contribution in [1.82, 2.24) is 44.9 Å². The van der Waals surface area contributed by atoms with Gasteiger partial charge in [-0.05, 0) is 151 Å². The van der Waals surface area contributed by atoms with E-state index in [1.54, 1.807) is 11.3 Å². The Labute approximate surface area is 569 Å². The van der Waals surface area contributed by atoms with Gasteiger partial charge < -0.3 is 4.42 Å². The number of para-hydroxylation sites is 2. The Balaban J connectivity index is 0.000000112. The number of nitrogens with zero attached hydrogens (tertiary/aromatic N) is 9. The largest absolute Gasteiger partial charge is 0.455 e. The molecule has 17 aromatic rings. The Bertz CT molecular complexity index is 5790. The van der Waals surface area contributed by atoms with Crippen LogP contribution in [0.1, 0.15) is 25.0 Å². The van der Waals surface area contributed by atoms with Gasteiger partial charge in [-0.1, -0.05) is 232 Å². The van der Waals surface area contributed by atoms with Gasteiger partial charge in [-0.2, -0.15) is 0 Å². The van der Waals surface area contributed by atoms with Crippen molar-refractivity contribution >= 4 is 123 Å². The summed E-state index contributed by atoms with van der Waals surface area (Å²) in [5.74, 6) is 3.84. The van der Waals surface area contributed by atoms with Crippen LogP contribution in [0.5, 0.6) is 0 Å². The van der Waals surface area contributed by atoms with Crippen LogP contribution in [0, 0.1) is 0 Å². The molecule has 14 heteroatoms. The topological polar surface area (TPSA) is 129 Å². The summed E-state index contributed by atoms with van der Waals surface area (Å²) < 4.78 is 10.3. The van der Waals surface area contributed by atoms with Crippen molar-refractivity contribution in [2.45, 2.75) is 19.3 Å². The Kier molecular flexibility index (Phi) is 15.4. The van der Waals surface area contributed by atoms with Crippen molar-refractivity contribution in [1.29, 1.82) is 0 Å². The van der Waals surface area contributed by atoms with Gasteiger partial charge in [0.25, 0.3) is 0 Å². The highest BCUT2D eigenvalue weighted by Crippen LogP contribution is 2.49. The van der Waals surface area contributed by atoms with E-state index in [0.29, 0.717) is 49.1 Å². The number of furan rings is 1. The van der Waals surface area contributed by atoms with Crippen molar-refractivity contribution in [2.24, 2.45) is 0 Å². The first-order valence-electron chi connectivity index (χ1n) is 30.5. The predicted molar refractivity (Wildman–Crippen MR) is 393 cm³/mol. The van der Waals surface area contributed by atoms with E-state index in [2.05, 4.69) is 274 Å². The summed E-state index contributed by atoms with van der Waals surface area (Å²) in [5, 5.41) is 9.24. The van der Waals surface area contributed by atoms with Crippen LogP contribution in [-0.4, -0.2) is 44.9 Å². The standard InChI is InChI=1S/C28H20BrN3.C27H16BrN3S.C25H14BrN3O/c1-28(2)23-10-6-5-9-21(23)22-14-13-20(16-24(22)28)26-30-25(31-27(29)32-26)19-12-11-17-7-3-4-8-18(17)15-19;28-27-30-25(19-12-10-18(11-13-19)17-6-2-1-3-7-17)29-26(31-27)20-14-15-24-22(16-20)21-8-4-5-9-23(21)32-24;26-25-28-23(19-12-5-8-15-7-1-2-9-16(15)19)27-24(29-25)20-13-6-11-18-17-10-3-4-14-21(17)30-22(18)20/h3-16H,1-2H3;1-16H;1-14H. The van der Waals surface area contributed by atoms with Crippen molar-refractivity contribution < 1.29 is 4.42 Å². The van der Waals surface area contributed by atoms with E-state index in [-0.39, 0.29) is 5.41 Å². The minimum Gasteiger partial charge on any atom is -0.455 e. The molecule has 0 bridgehead atoms. The fourth-order valence-corrected chi connectivity index (χ4v) is 14.7. The van der Waals surface area contributed by atoms with Crippen molar-refractivity contribution in [3.05, 3.63) is 292 Å². The summed E-state index contributed by atoms with van der Waals surface area (Å²) in [6, 6.07) is 91.9. The number of fused-ring (bicyclic) bond motifs is 11. The lowest BCUT2D eigenvalue weighted by molar-refractivity contribution is 0.660. The first kappa shape index (κ1) is 58.7. The fourth-order valence-electron chi connectivity index (χ4n) is 12.6. The third-order valence-electron chi connectivity index (χ3n) is 17.2. The molecule has 94 heavy (non-hydrogen) atoms. The lowest BCUT2D eigenvalue weighted by Gasteiger charge is -2.21. The van der Waals surface area contributed by atoms with Crippen molar-refractivity contribution in [3.8, 4) is 90.6 Å². The highest BCUT2D eigenvalue weighted by Gasteiger charge is 2.35. The quantitative estimate of drug-likeness (QED) is 0.152. The third-order valence-corrected chi connectivity index (χ3v) is 19.5. The third kappa shape index (κ3) is 11.2. The summed E-state index contributed by atoms with van der Waals surface area (Å²) >= 11 is 12.3.